The van der Waals surface area contributed by atoms with E-state index >= 15 is 0 Å². The summed E-state index contributed by atoms with van der Waals surface area (Å²) in [5, 5.41) is 0.528. The van der Waals surface area contributed by atoms with E-state index in [4.69, 9.17) is 0 Å². The highest BCUT2D eigenvalue weighted by Crippen LogP contribution is 2.15. The fourth-order valence-electron chi connectivity index (χ4n) is 2.23. The SMILES string of the molecule is C.C.CCSC(=O)N1CCCC1.CCSC(=O)N1CCCC1. The third-order valence-electron chi connectivity index (χ3n) is 3.26. The molecule has 2 heterocycles. The van der Waals surface area contributed by atoms with Crippen molar-refractivity contribution in [2.45, 2.75) is 54.4 Å². The van der Waals surface area contributed by atoms with E-state index in [0.717, 1.165) is 37.7 Å². The molecule has 0 unspecified atom stereocenters. The van der Waals surface area contributed by atoms with Crippen LogP contribution in [0.15, 0.2) is 0 Å². The maximum atomic E-state index is 11.1. The van der Waals surface area contributed by atoms with E-state index in [1.807, 2.05) is 23.6 Å². The van der Waals surface area contributed by atoms with Gasteiger partial charge in [0.1, 0.15) is 0 Å². The summed E-state index contributed by atoms with van der Waals surface area (Å²) in [6.45, 7) is 7.94. The number of carbonyl (C=O) groups excluding carboxylic acids is 2. The molecule has 2 rings (SSSR count). The fourth-order valence-corrected chi connectivity index (χ4v) is 3.45. The Labute approximate surface area is 145 Å². The van der Waals surface area contributed by atoms with E-state index in [0.29, 0.717) is 0 Å². The molecule has 2 saturated heterocycles. The summed E-state index contributed by atoms with van der Waals surface area (Å²) in [7, 11) is 0. The Morgan fingerprint density at radius 3 is 1.23 bits per heavy atom. The molecule has 0 aromatic carbocycles. The van der Waals surface area contributed by atoms with Crippen LogP contribution in [-0.2, 0) is 0 Å². The Morgan fingerprint density at radius 1 is 0.727 bits per heavy atom. The van der Waals surface area contributed by atoms with Gasteiger partial charge in [-0.25, -0.2) is 0 Å². The van der Waals surface area contributed by atoms with Gasteiger partial charge in [-0.15, -0.1) is 0 Å². The highest BCUT2D eigenvalue weighted by Gasteiger charge is 2.17. The van der Waals surface area contributed by atoms with Crippen LogP contribution in [0.25, 0.3) is 0 Å². The van der Waals surface area contributed by atoms with Crippen LogP contribution in [0, 0.1) is 0 Å². The van der Waals surface area contributed by atoms with Gasteiger partial charge >= 0.3 is 0 Å². The van der Waals surface area contributed by atoms with Crippen LogP contribution in [0.4, 0.5) is 9.59 Å². The summed E-state index contributed by atoms with van der Waals surface area (Å²) >= 11 is 2.83. The quantitative estimate of drug-likeness (QED) is 0.688. The Balaban J connectivity index is 0. The molecule has 2 aliphatic rings. The number of hydrogen-bond donors (Lipinski definition) is 0. The predicted octanol–water partition coefficient (Wildman–Crippen LogP) is 5.18. The van der Waals surface area contributed by atoms with Crippen molar-refractivity contribution in [2.24, 2.45) is 0 Å². The molecule has 0 N–H and O–H groups in total. The molecule has 0 spiro atoms. The van der Waals surface area contributed by atoms with Gasteiger partial charge in [0.25, 0.3) is 10.5 Å². The van der Waals surface area contributed by atoms with Crippen molar-refractivity contribution >= 4 is 34.0 Å². The van der Waals surface area contributed by atoms with Crippen molar-refractivity contribution in [1.82, 2.24) is 9.80 Å². The molecule has 0 aromatic rings. The molecule has 6 heteroatoms. The van der Waals surface area contributed by atoms with Crippen molar-refractivity contribution in [3.05, 3.63) is 0 Å². The van der Waals surface area contributed by atoms with Gasteiger partial charge in [-0.2, -0.15) is 0 Å². The standard InChI is InChI=1S/2C7H13NOS.2CH4/c2*1-2-10-7(9)8-5-3-4-6-8;;/h2*2-6H2,1H3;2*1H4. The molecule has 0 saturated carbocycles. The lowest BCUT2D eigenvalue weighted by molar-refractivity contribution is 0.233. The van der Waals surface area contributed by atoms with Crippen LogP contribution in [0.5, 0.6) is 0 Å². The average Bonchev–Trinajstić information content (AvgIpc) is 3.14. The lowest BCUT2D eigenvalue weighted by Gasteiger charge is -2.12. The van der Waals surface area contributed by atoms with E-state index in [-0.39, 0.29) is 25.3 Å². The summed E-state index contributed by atoms with van der Waals surface area (Å²) in [6.07, 6.45) is 4.76. The lowest BCUT2D eigenvalue weighted by Crippen LogP contribution is -2.23. The summed E-state index contributed by atoms with van der Waals surface area (Å²) in [4.78, 5) is 26.1. The Morgan fingerprint density at radius 2 is 1.00 bits per heavy atom. The van der Waals surface area contributed by atoms with Crippen molar-refractivity contribution in [3.63, 3.8) is 0 Å². The molecule has 2 amide bonds. The van der Waals surface area contributed by atoms with Gasteiger partial charge in [-0.3, -0.25) is 9.59 Å². The van der Waals surface area contributed by atoms with Gasteiger partial charge < -0.3 is 9.80 Å². The molecule has 0 atom stereocenters. The first-order valence-electron chi connectivity index (χ1n) is 7.52. The van der Waals surface area contributed by atoms with Crippen molar-refractivity contribution < 1.29 is 9.59 Å². The van der Waals surface area contributed by atoms with Crippen LogP contribution in [0.1, 0.15) is 54.4 Å². The van der Waals surface area contributed by atoms with E-state index in [9.17, 15) is 9.59 Å². The predicted molar refractivity (Wildman–Crippen MR) is 102 cm³/mol. The molecule has 0 aromatic heterocycles. The maximum absolute atomic E-state index is 11.1. The molecule has 132 valence electrons. The Bertz CT molecular complexity index is 273. The number of carbonyl (C=O) groups is 2. The smallest absolute Gasteiger partial charge is 0.281 e. The monoisotopic (exact) mass is 350 g/mol. The summed E-state index contributed by atoms with van der Waals surface area (Å²) in [5.74, 6) is 1.80. The number of nitrogens with zero attached hydrogens (tertiary/aromatic N) is 2. The first-order chi connectivity index (χ1) is 9.69. The second-order valence-corrected chi connectivity index (χ2v) is 7.22. The number of rotatable bonds is 2. The highest BCUT2D eigenvalue weighted by atomic mass is 32.2. The minimum atomic E-state index is 0. The van der Waals surface area contributed by atoms with Crippen molar-refractivity contribution in [3.8, 4) is 0 Å². The number of hydrogen-bond acceptors (Lipinski definition) is 4. The number of thioether (sulfide) groups is 2. The summed E-state index contributed by atoms with van der Waals surface area (Å²) in [5.41, 5.74) is 0. The molecule has 2 fully saturated rings. The second kappa shape index (κ2) is 14.2. The topological polar surface area (TPSA) is 40.6 Å². The summed E-state index contributed by atoms with van der Waals surface area (Å²) < 4.78 is 0. The zero-order chi connectivity index (χ0) is 14.8. The van der Waals surface area contributed by atoms with Gasteiger partial charge in [-0.1, -0.05) is 52.2 Å². The normalized spacial score (nSPS) is 16.3. The van der Waals surface area contributed by atoms with Gasteiger partial charge in [0.2, 0.25) is 0 Å². The minimum absolute atomic E-state index is 0. The van der Waals surface area contributed by atoms with Crippen LogP contribution >= 0.6 is 23.5 Å². The van der Waals surface area contributed by atoms with Crippen LogP contribution < -0.4 is 0 Å². The molecule has 4 nitrogen and oxygen atoms in total. The molecule has 0 bridgehead atoms. The van der Waals surface area contributed by atoms with Gasteiger partial charge in [0.15, 0.2) is 0 Å². The maximum Gasteiger partial charge on any atom is 0.281 e. The Kier molecular flexibility index (Phi) is 15.5. The zero-order valence-corrected chi connectivity index (χ0v) is 14.2. The van der Waals surface area contributed by atoms with Gasteiger partial charge in [-0.05, 0) is 37.2 Å². The molecule has 22 heavy (non-hydrogen) atoms. The minimum Gasteiger partial charge on any atom is -0.334 e. The van der Waals surface area contributed by atoms with Gasteiger partial charge in [0, 0.05) is 26.2 Å². The first kappa shape index (κ1) is 23.9. The third kappa shape index (κ3) is 8.93. The lowest BCUT2D eigenvalue weighted by atomic mass is 10.4. The molecular weight excluding hydrogens is 316 g/mol. The third-order valence-corrected chi connectivity index (χ3v) is 4.85. The van der Waals surface area contributed by atoms with Crippen molar-refractivity contribution in [1.29, 1.82) is 0 Å². The van der Waals surface area contributed by atoms with Gasteiger partial charge in [0.05, 0.1) is 0 Å². The van der Waals surface area contributed by atoms with Crippen LogP contribution in [0.2, 0.25) is 0 Å². The molecule has 0 radical (unpaired) electrons. The largest absolute Gasteiger partial charge is 0.334 e. The van der Waals surface area contributed by atoms with Crippen LogP contribution in [0.3, 0.4) is 0 Å². The highest BCUT2D eigenvalue weighted by molar-refractivity contribution is 8.13. The number of likely N-dealkylation sites (tertiary alicyclic amines) is 2. The average molecular weight is 351 g/mol. The first-order valence-corrected chi connectivity index (χ1v) is 9.49. The summed E-state index contributed by atoms with van der Waals surface area (Å²) in [6, 6.07) is 0. The van der Waals surface area contributed by atoms with E-state index in [1.54, 1.807) is 0 Å². The van der Waals surface area contributed by atoms with E-state index < -0.39 is 0 Å². The zero-order valence-electron chi connectivity index (χ0n) is 12.6. The molecule has 0 aliphatic carbocycles. The Hall–Kier alpha value is -0.360. The number of amides is 2. The van der Waals surface area contributed by atoms with Crippen LogP contribution in [-0.4, -0.2) is 58.0 Å². The van der Waals surface area contributed by atoms with E-state index in [2.05, 4.69) is 0 Å². The van der Waals surface area contributed by atoms with Crippen molar-refractivity contribution in [2.75, 3.05) is 37.7 Å². The fraction of sp³-hybridized carbons (Fsp3) is 0.875. The second-order valence-electron chi connectivity index (χ2n) is 4.79. The van der Waals surface area contributed by atoms with E-state index in [1.165, 1.54) is 49.2 Å². The molecule has 2 aliphatic heterocycles. The molecular formula is C16H34N2O2S2.